The van der Waals surface area contributed by atoms with Gasteiger partial charge in [-0.2, -0.15) is 0 Å². The maximum Gasteiger partial charge on any atom is 0.287 e. The molecule has 0 bridgehead atoms. The van der Waals surface area contributed by atoms with Crippen LogP contribution in [0.25, 0.3) is 0 Å². The lowest BCUT2D eigenvalue weighted by atomic mass is 10.1. The van der Waals surface area contributed by atoms with Crippen molar-refractivity contribution >= 4 is 11.8 Å². The number of hydrogen-bond donors (Lipinski definition) is 2. The topological polar surface area (TPSA) is 71.3 Å². The average Bonchev–Trinajstić information content (AvgIpc) is 2.93. The van der Waals surface area contributed by atoms with Gasteiger partial charge in [-0.1, -0.05) is 30.3 Å². The molecule has 0 aliphatic carbocycles. The van der Waals surface area contributed by atoms with Gasteiger partial charge in [0.1, 0.15) is 11.8 Å². The van der Waals surface area contributed by atoms with E-state index in [4.69, 9.17) is 4.42 Å². The maximum absolute atomic E-state index is 12.3. The highest BCUT2D eigenvalue weighted by Gasteiger charge is 2.24. The molecule has 2 N–H and O–H groups in total. The third kappa shape index (κ3) is 4.00. The van der Waals surface area contributed by atoms with Gasteiger partial charge < -0.3 is 15.1 Å². The molecule has 0 radical (unpaired) electrons. The molecule has 1 aromatic heterocycles. The molecule has 1 aromatic carbocycles. The van der Waals surface area contributed by atoms with Gasteiger partial charge in [0.2, 0.25) is 5.91 Å². The van der Waals surface area contributed by atoms with Crippen molar-refractivity contribution < 1.29 is 14.0 Å². The molecule has 3 rings (SSSR count). The number of hydrogen-bond acceptors (Lipinski definition) is 3. The molecule has 2 amide bonds. The van der Waals surface area contributed by atoms with Gasteiger partial charge in [0.15, 0.2) is 5.76 Å². The van der Waals surface area contributed by atoms with Crippen molar-refractivity contribution in [3.05, 3.63) is 59.5 Å². The second kappa shape index (κ2) is 7.13. The van der Waals surface area contributed by atoms with Gasteiger partial charge in [0, 0.05) is 13.0 Å². The van der Waals surface area contributed by atoms with Gasteiger partial charge in [-0.05, 0) is 37.0 Å². The van der Waals surface area contributed by atoms with Crippen LogP contribution in [0.3, 0.4) is 0 Å². The van der Waals surface area contributed by atoms with Crippen molar-refractivity contribution in [2.75, 3.05) is 6.54 Å². The number of rotatable bonds is 4. The Morgan fingerprint density at radius 1 is 1.17 bits per heavy atom. The Morgan fingerprint density at radius 3 is 2.83 bits per heavy atom. The second-order valence-corrected chi connectivity index (χ2v) is 5.74. The lowest BCUT2D eigenvalue weighted by molar-refractivity contribution is -0.122. The minimum absolute atomic E-state index is 0.119. The van der Waals surface area contributed by atoms with E-state index < -0.39 is 6.04 Å². The van der Waals surface area contributed by atoms with Crippen LogP contribution in [-0.2, 0) is 11.2 Å². The van der Waals surface area contributed by atoms with E-state index in [9.17, 15) is 9.59 Å². The molecule has 1 atom stereocenters. The van der Waals surface area contributed by atoms with Crippen molar-refractivity contribution in [2.24, 2.45) is 0 Å². The molecule has 1 aliphatic rings. The quantitative estimate of drug-likeness (QED) is 0.910. The summed E-state index contributed by atoms with van der Waals surface area (Å²) in [6.45, 7) is 0.674. The molecule has 120 valence electrons. The zero-order chi connectivity index (χ0) is 16.1. The van der Waals surface area contributed by atoms with Crippen molar-refractivity contribution in [3.8, 4) is 0 Å². The van der Waals surface area contributed by atoms with E-state index in [1.165, 1.54) is 0 Å². The number of carbonyl (C=O) groups excluding carboxylic acids is 2. The Labute approximate surface area is 135 Å². The summed E-state index contributed by atoms with van der Waals surface area (Å²) in [6.07, 6.45) is 3.16. The summed E-state index contributed by atoms with van der Waals surface area (Å²) in [6, 6.07) is 12.9. The summed E-state index contributed by atoms with van der Waals surface area (Å²) in [7, 11) is 0. The average molecular weight is 312 g/mol. The molecule has 23 heavy (non-hydrogen) atoms. The first kappa shape index (κ1) is 15.3. The number of benzene rings is 1. The second-order valence-electron chi connectivity index (χ2n) is 5.74. The van der Waals surface area contributed by atoms with E-state index >= 15 is 0 Å². The molecule has 5 nitrogen and oxygen atoms in total. The lowest BCUT2D eigenvalue weighted by Gasteiger charge is -2.14. The third-order valence-electron chi connectivity index (χ3n) is 3.95. The first-order chi connectivity index (χ1) is 11.2. The zero-order valence-corrected chi connectivity index (χ0v) is 12.9. The van der Waals surface area contributed by atoms with Crippen molar-refractivity contribution in [3.63, 3.8) is 0 Å². The fourth-order valence-corrected chi connectivity index (χ4v) is 2.70. The van der Waals surface area contributed by atoms with Gasteiger partial charge in [-0.25, -0.2) is 0 Å². The van der Waals surface area contributed by atoms with E-state index in [1.54, 1.807) is 12.1 Å². The van der Waals surface area contributed by atoms with Gasteiger partial charge in [0.25, 0.3) is 5.91 Å². The van der Waals surface area contributed by atoms with Gasteiger partial charge in [0.05, 0.1) is 0 Å². The fraction of sp³-hybridized carbons (Fsp3) is 0.333. The molecular formula is C18H20N2O3. The Balaban J connectivity index is 1.63. The van der Waals surface area contributed by atoms with Gasteiger partial charge >= 0.3 is 0 Å². The molecule has 1 fully saturated rings. The third-order valence-corrected chi connectivity index (χ3v) is 3.95. The van der Waals surface area contributed by atoms with Gasteiger partial charge in [-0.3, -0.25) is 9.59 Å². The molecule has 2 heterocycles. The summed E-state index contributed by atoms with van der Waals surface area (Å²) in [5.41, 5.74) is 1.12. The summed E-state index contributed by atoms with van der Waals surface area (Å²) in [5, 5.41) is 5.56. The number of amides is 2. The highest BCUT2D eigenvalue weighted by atomic mass is 16.3. The minimum atomic E-state index is -0.479. The first-order valence-corrected chi connectivity index (χ1v) is 7.93. The summed E-state index contributed by atoms with van der Waals surface area (Å²) < 4.78 is 5.61. The molecule has 0 saturated carbocycles. The van der Waals surface area contributed by atoms with E-state index in [1.807, 2.05) is 30.3 Å². The van der Waals surface area contributed by atoms with Crippen LogP contribution in [0.4, 0.5) is 0 Å². The van der Waals surface area contributed by atoms with E-state index in [2.05, 4.69) is 10.6 Å². The number of furan rings is 1. The van der Waals surface area contributed by atoms with E-state index in [-0.39, 0.29) is 17.6 Å². The lowest BCUT2D eigenvalue weighted by Crippen LogP contribution is -2.45. The Kier molecular flexibility index (Phi) is 4.76. The molecule has 1 unspecified atom stereocenters. The summed E-state index contributed by atoms with van der Waals surface area (Å²) in [5.74, 6) is 0.512. The van der Waals surface area contributed by atoms with Crippen LogP contribution >= 0.6 is 0 Å². The zero-order valence-electron chi connectivity index (χ0n) is 12.9. The largest absolute Gasteiger partial charge is 0.456 e. The normalized spacial score (nSPS) is 18.1. The minimum Gasteiger partial charge on any atom is -0.456 e. The standard InChI is InChI=1S/C18H20N2O3/c21-17-15(8-4-5-11-19-17)20-18(22)16-10-9-14(23-16)12-13-6-2-1-3-7-13/h1-3,6-7,9-10,15H,4-5,8,11-12H2,(H,19,21)(H,20,22). The summed E-state index contributed by atoms with van der Waals surface area (Å²) >= 11 is 0. The molecule has 2 aromatic rings. The van der Waals surface area contributed by atoms with Crippen LogP contribution in [0.1, 0.15) is 41.1 Å². The maximum atomic E-state index is 12.3. The van der Waals surface area contributed by atoms with Gasteiger partial charge in [-0.15, -0.1) is 0 Å². The molecule has 1 aliphatic heterocycles. The number of carbonyl (C=O) groups is 2. The smallest absolute Gasteiger partial charge is 0.287 e. The van der Waals surface area contributed by atoms with Crippen LogP contribution in [0, 0.1) is 0 Å². The van der Waals surface area contributed by atoms with Crippen LogP contribution in [0.5, 0.6) is 0 Å². The highest BCUT2D eigenvalue weighted by molar-refractivity contribution is 5.95. The predicted molar refractivity (Wildman–Crippen MR) is 86.1 cm³/mol. The van der Waals surface area contributed by atoms with Crippen LogP contribution in [0.2, 0.25) is 0 Å². The Morgan fingerprint density at radius 2 is 2.00 bits per heavy atom. The molecule has 0 spiro atoms. The van der Waals surface area contributed by atoms with Crippen LogP contribution in [-0.4, -0.2) is 24.4 Å². The van der Waals surface area contributed by atoms with Crippen LogP contribution < -0.4 is 10.6 Å². The summed E-state index contributed by atoms with van der Waals surface area (Å²) in [4.78, 5) is 24.1. The SMILES string of the molecule is O=C(NC1CCCCNC1=O)c1ccc(Cc2ccccc2)o1. The van der Waals surface area contributed by atoms with E-state index in [0.717, 1.165) is 24.2 Å². The van der Waals surface area contributed by atoms with Crippen molar-refractivity contribution in [1.82, 2.24) is 10.6 Å². The molecular weight excluding hydrogens is 292 g/mol. The Bertz CT molecular complexity index is 679. The van der Waals surface area contributed by atoms with Crippen LogP contribution in [0.15, 0.2) is 46.9 Å². The molecule has 5 heteroatoms. The first-order valence-electron chi connectivity index (χ1n) is 7.93. The fourth-order valence-electron chi connectivity index (χ4n) is 2.70. The van der Waals surface area contributed by atoms with E-state index in [0.29, 0.717) is 19.4 Å². The Hall–Kier alpha value is -2.56. The van der Waals surface area contributed by atoms with Crippen molar-refractivity contribution in [2.45, 2.75) is 31.7 Å². The highest BCUT2D eigenvalue weighted by Crippen LogP contribution is 2.14. The number of nitrogens with one attached hydrogen (secondary N) is 2. The monoisotopic (exact) mass is 312 g/mol. The van der Waals surface area contributed by atoms with Crippen molar-refractivity contribution in [1.29, 1.82) is 0 Å². The molecule has 1 saturated heterocycles. The predicted octanol–water partition coefficient (Wildman–Crippen LogP) is 2.27.